The second-order valence-electron chi connectivity index (χ2n) is 6.36. The zero-order valence-electron chi connectivity index (χ0n) is 16.0. The van der Waals surface area contributed by atoms with Gasteiger partial charge in [0, 0.05) is 36.0 Å². The minimum Gasteiger partial charge on any atom is -0.402 e. The Morgan fingerprint density at radius 3 is 2.43 bits per heavy atom. The maximum absolute atomic E-state index is 12.2. The van der Waals surface area contributed by atoms with Gasteiger partial charge in [0.25, 0.3) is 5.69 Å². The molecule has 2 aromatic rings. The number of esters is 1. The molecule has 1 aliphatic rings. The van der Waals surface area contributed by atoms with E-state index in [2.05, 4.69) is 23.7 Å². The number of hydrogen-bond donors (Lipinski definition) is 0. The first-order valence-electron chi connectivity index (χ1n) is 9.06. The minimum atomic E-state index is -0.578. The van der Waals surface area contributed by atoms with E-state index in [9.17, 15) is 14.9 Å². The first kappa shape index (κ1) is 19.3. The largest absolute Gasteiger partial charge is 0.402 e. The summed E-state index contributed by atoms with van der Waals surface area (Å²) in [4.78, 5) is 29.3. The van der Waals surface area contributed by atoms with Gasteiger partial charge in [0.05, 0.1) is 4.92 Å². The average molecular weight is 379 g/mol. The fraction of sp³-hybridized carbons (Fsp3) is 0.238. The average Bonchev–Trinajstić information content (AvgIpc) is 3.04. The van der Waals surface area contributed by atoms with Gasteiger partial charge < -0.3 is 9.64 Å². The number of aliphatic imine (C=N–C) groups is 1. The van der Waals surface area contributed by atoms with E-state index in [4.69, 9.17) is 4.74 Å². The van der Waals surface area contributed by atoms with E-state index >= 15 is 0 Å². The lowest BCUT2D eigenvalue weighted by molar-refractivity contribution is -0.385. The molecule has 1 heterocycles. The van der Waals surface area contributed by atoms with Crippen molar-refractivity contribution < 1.29 is 14.5 Å². The number of hydrogen-bond acceptors (Lipinski definition) is 6. The van der Waals surface area contributed by atoms with E-state index in [-0.39, 0.29) is 17.3 Å². The lowest BCUT2D eigenvalue weighted by Gasteiger charge is -2.20. The van der Waals surface area contributed by atoms with Crippen molar-refractivity contribution in [2.45, 2.75) is 20.8 Å². The summed E-state index contributed by atoms with van der Waals surface area (Å²) >= 11 is 0. The monoisotopic (exact) mass is 379 g/mol. The Balaban J connectivity index is 1.88. The molecular weight excluding hydrogens is 358 g/mol. The Morgan fingerprint density at radius 1 is 1.14 bits per heavy atom. The summed E-state index contributed by atoms with van der Waals surface area (Å²) in [6, 6.07) is 12.4. The van der Waals surface area contributed by atoms with Crippen molar-refractivity contribution in [2.75, 3.05) is 18.0 Å². The highest BCUT2D eigenvalue weighted by atomic mass is 16.6. The van der Waals surface area contributed by atoms with Crippen molar-refractivity contribution in [3.05, 3.63) is 75.0 Å². The Morgan fingerprint density at radius 2 is 1.82 bits per heavy atom. The third-order valence-corrected chi connectivity index (χ3v) is 4.60. The molecule has 28 heavy (non-hydrogen) atoms. The molecule has 0 fully saturated rings. The number of anilines is 1. The van der Waals surface area contributed by atoms with Crippen LogP contribution in [0.2, 0.25) is 0 Å². The molecule has 0 atom stereocenters. The molecule has 0 saturated carbocycles. The summed E-state index contributed by atoms with van der Waals surface area (Å²) < 4.78 is 5.22. The van der Waals surface area contributed by atoms with E-state index in [1.54, 1.807) is 25.1 Å². The summed E-state index contributed by atoms with van der Waals surface area (Å²) in [6.45, 7) is 7.68. The number of carbonyl (C=O) groups excluding carboxylic acids is 1. The van der Waals surface area contributed by atoms with Crippen LogP contribution >= 0.6 is 0 Å². The van der Waals surface area contributed by atoms with E-state index in [0.717, 1.165) is 24.3 Å². The number of nitro groups is 1. The third-order valence-electron chi connectivity index (χ3n) is 4.60. The molecule has 7 heteroatoms. The molecule has 144 valence electrons. The summed E-state index contributed by atoms with van der Waals surface area (Å²) in [5.74, 6) is -0.509. The van der Waals surface area contributed by atoms with Gasteiger partial charge in [-0.25, -0.2) is 9.79 Å². The molecule has 1 aliphatic heterocycles. The summed E-state index contributed by atoms with van der Waals surface area (Å²) in [6.07, 6.45) is 1.64. The van der Waals surface area contributed by atoms with Crippen molar-refractivity contribution >= 4 is 29.3 Å². The first-order chi connectivity index (χ1) is 13.4. The van der Waals surface area contributed by atoms with Gasteiger partial charge in [-0.1, -0.05) is 18.2 Å². The van der Waals surface area contributed by atoms with Crippen LogP contribution in [0.4, 0.5) is 11.4 Å². The van der Waals surface area contributed by atoms with Crippen molar-refractivity contribution in [3.8, 4) is 0 Å². The molecule has 0 radical (unpaired) electrons. The fourth-order valence-corrected chi connectivity index (χ4v) is 3.00. The molecule has 0 unspecified atom stereocenters. The Kier molecular flexibility index (Phi) is 5.54. The first-order valence-corrected chi connectivity index (χ1v) is 9.06. The van der Waals surface area contributed by atoms with Crippen molar-refractivity contribution in [2.24, 2.45) is 4.99 Å². The summed E-state index contributed by atoms with van der Waals surface area (Å²) in [7, 11) is 0. The maximum atomic E-state index is 12.2. The lowest BCUT2D eigenvalue weighted by Crippen LogP contribution is -2.21. The van der Waals surface area contributed by atoms with Gasteiger partial charge in [-0.3, -0.25) is 10.1 Å². The third kappa shape index (κ3) is 3.93. The Labute approximate surface area is 163 Å². The molecule has 0 bridgehead atoms. The molecule has 0 aromatic heterocycles. The molecule has 3 rings (SSSR count). The van der Waals surface area contributed by atoms with Gasteiger partial charge in [0.15, 0.2) is 5.70 Å². The standard InChI is InChI=1S/C21H21N3O4/c1-4-23(5-2)17-10-7-15(8-11-17)12-18-21(25)28-20(22-18)16-9-6-14(3)19(13-16)24(26)27/h6-13H,4-5H2,1-3H3. The predicted molar refractivity (Wildman–Crippen MR) is 108 cm³/mol. The number of carbonyl (C=O) groups is 1. The van der Waals surface area contributed by atoms with Crippen LogP contribution in [0.15, 0.2) is 53.2 Å². The van der Waals surface area contributed by atoms with Crippen LogP contribution in [0.25, 0.3) is 6.08 Å². The molecule has 0 N–H and O–H groups in total. The van der Waals surface area contributed by atoms with E-state index < -0.39 is 10.9 Å². The van der Waals surface area contributed by atoms with Gasteiger partial charge in [-0.2, -0.15) is 0 Å². The Bertz CT molecular complexity index is 974. The summed E-state index contributed by atoms with van der Waals surface area (Å²) in [5, 5.41) is 11.1. The lowest BCUT2D eigenvalue weighted by atomic mass is 10.1. The summed E-state index contributed by atoms with van der Waals surface area (Å²) in [5.41, 5.74) is 2.98. The molecular formula is C21H21N3O4. The predicted octanol–water partition coefficient (Wildman–Crippen LogP) is 4.09. The van der Waals surface area contributed by atoms with E-state index in [0.29, 0.717) is 11.1 Å². The maximum Gasteiger partial charge on any atom is 0.363 e. The highest BCUT2D eigenvalue weighted by molar-refractivity contribution is 6.13. The molecule has 0 saturated heterocycles. The quantitative estimate of drug-likeness (QED) is 0.327. The van der Waals surface area contributed by atoms with Gasteiger partial charge in [0.2, 0.25) is 5.90 Å². The van der Waals surface area contributed by atoms with E-state index in [1.165, 1.54) is 6.07 Å². The smallest absolute Gasteiger partial charge is 0.363 e. The number of nitro benzene ring substituents is 1. The van der Waals surface area contributed by atoms with Gasteiger partial charge in [-0.15, -0.1) is 0 Å². The molecule has 7 nitrogen and oxygen atoms in total. The van der Waals surface area contributed by atoms with Crippen LogP contribution in [0, 0.1) is 17.0 Å². The Hall–Kier alpha value is -3.48. The molecule has 2 aromatic carbocycles. The molecule has 0 amide bonds. The van der Waals surface area contributed by atoms with Crippen LogP contribution in [-0.2, 0) is 9.53 Å². The number of cyclic esters (lactones) is 1. The van der Waals surface area contributed by atoms with Crippen LogP contribution in [0.1, 0.15) is 30.5 Å². The fourth-order valence-electron chi connectivity index (χ4n) is 3.00. The molecule has 0 spiro atoms. The SMILES string of the molecule is CCN(CC)c1ccc(C=C2N=C(c3ccc(C)c([N+](=O)[O-])c3)OC2=O)cc1. The minimum absolute atomic E-state index is 0.0410. The zero-order chi connectivity index (χ0) is 20.3. The van der Waals surface area contributed by atoms with Crippen LogP contribution in [0.5, 0.6) is 0 Å². The number of aryl methyl sites for hydroxylation is 1. The number of ether oxygens (including phenoxy) is 1. The highest BCUT2D eigenvalue weighted by Crippen LogP contribution is 2.24. The topological polar surface area (TPSA) is 85.0 Å². The number of nitrogens with zero attached hydrogens (tertiary/aromatic N) is 3. The number of rotatable bonds is 6. The highest BCUT2D eigenvalue weighted by Gasteiger charge is 2.25. The van der Waals surface area contributed by atoms with Crippen molar-refractivity contribution in [1.29, 1.82) is 0 Å². The van der Waals surface area contributed by atoms with Crippen molar-refractivity contribution in [1.82, 2.24) is 0 Å². The second kappa shape index (κ2) is 8.04. The van der Waals surface area contributed by atoms with Gasteiger partial charge in [-0.05, 0) is 50.6 Å². The van der Waals surface area contributed by atoms with Gasteiger partial charge >= 0.3 is 5.97 Å². The normalized spacial score (nSPS) is 14.8. The van der Waals surface area contributed by atoms with Crippen LogP contribution in [-0.4, -0.2) is 29.9 Å². The van der Waals surface area contributed by atoms with Crippen LogP contribution < -0.4 is 4.90 Å². The molecule has 0 aliphatic carbocycles. The number of benzene rings is 2. The zero-order valence-corrected chi connectivity index (χ0v) is 16.0. The van der Waals surface area contributed by atoms with E-state index in [1.807, 2.05) is 24.3 Å². The second-order valence-corrected chi connectivity index (χ2v) is 6.36. The van der Waals surface area contributed by atoms with Crippen LogP contribution in [0.3, 0.4) is 0 Å². The van der Waals surface area contributed by atoms with Gasteiger partial charge in [0.1, 0.15) is 0 Å². The van der Waals surface area contributed by atoms with Crippen molar-refractivity contribution in [3.63, 3.8) is 0 Å².